The van der Waals surface area contributed by atoms with Crippen LogP contribution in [0.4, 0.5) is 4.79 Å². The summed E-state index contributed by atoms with van der Waals surface area (Å²) in [5.41, 5.74) is -0.803. The zero-order chi connectivity index (χ0) is 21.5. The van der Waals surface area contributed by atoms with Gasteiger partial charge in [-0.1, -0.05) is 0 Å². The van der Waals surface area contributed by atoms with E-state index in [1.165, 1.54) is 9.80 Å². The van der Waals surface area contributed by atoms with Gasteiger partial charge in [0.2, 0.25) is 11.8 Å². The third-order valence-corrected chi connectivity index (χ3v) is 3.86. The van der Waals surface area contributed by atoms with Crippen LogP contribution in [0.15, 0.2) is 0 Å². The predicted octanol–water partition coefficient (Wildman–Crippen LogP) is -0.110. The maximum atomic E-state index is 12.6. The number of carbonyl (C=O) groups is 5. The number of alkyl carbamates (subject to hydrolysis) is 1. The van der Waals surface area contributed by atoms with E-state index < -0.39 is 42.0 Å². The fourth-order valence-corrected chi connectivity index (χ4v) is 2.59. The normalized spacial score (nSPS) is 15.5. The summed E-state index contributed by atoms with van der Waals surface area (Å²) in [5.74, 6) is -3.21. The lowest BCUT2D eigenvalue weighted by Gasteiger charge is -2.36. The molecule has 1 aliphatic rings. The highest BCUT2D eigenvalue weighted by Gasteiger charge is 2.32. The number of piperazine rings is 1. The molecule has 0 spiro atoms. The van der Waals surface area contributed by atoms with Crippen molar-refractivity contribution in [3.63, 3.8) is 0 Å². The van der Waals surface area contributed by atoms with Gasteiger partial charge < -0.3 is 30.1 Å². The van der Waals surface area contributed by atoms with Crippen molar-refractivity contribution < 1.29 is 38.9 Å². The largest absolute Gasteiger partial charge is 0.481 e. The van der Waals surface area contributed by atoms with Gasteiger partial charge in [-0.3, -0.25) is 19.2 Å². The number of hydrogen-bond donors (Lipinski definition) is 3. The lowest BCUT2D eigenvalue weighted by Crippen LogP contribution is -2.56. The SMILES string of the molecule is CC(C)(C)OC(=O)N[C@@H](CC(=O)O)C(=O)N1CCN(C(=O)CCC(=O)O)CC1. The van der Waals surface area contributed by atoms with Gasteiger partial charge in [0.1, 0.15) is 11.6 Å². The molecule has 1 rings (SSSR count). The molecule has 11 nitrogen and oxygen atoms in total. The fraction of sp³-hybridized carbons (Fsp3) is 0.706. The van der Waals surface area contributed by atoms with Crippen LogP contribution < -0.4 is 5.32 Å². The summed E-state index contributed by atoms with van der Waals surface area (Å²) in [4.78, 5) is 60.9. The summed E-state index contributed by atoms with van der Waals surface area (Å²) >= 11 is 0. The molecule has 1 heterocycles. The number of carbonyl (C=O) groups excluding carboxylic acids is 3. The van der Waals surface area contributed by atoms with E-state index in [4.69, 9.17) is 14.9 Å². The lowest BCUT2D eigenvalue weighted by molar-refractivity contribution is -0.145. The summed E-state index contributed by atoms with van der Waals surface area (Å²) < 4.78 is 5.07. The van der Waals surface area contributed by atoms with Crippen molar-refractivity contribution >= 4 is 29.8 Å². The molecular formula is C17H27N3O8. The van der Waals surface area contributed by atoms with Crippen LogP contribution >= 0.6 is 0 Å². The molecule has 3 N–H and O–H groups in total. The molecule has 0 radical (unpaired) electrons. The average molecular weight is 401 g/mol. The van der Waals surface area contributed by atoms with Gasteiger partial charge in [-0.2, -0.15) is 0 Å². The van der Waals surface area contributed by atoms with Crippen LogP contribution in [0.2, 0.25) is 0 Å². The van der Waals surface area contributed by atoms with Gasteiger partial charge in [-0.25, -0.2) is 4.79 Å². The highest BCUT2D eigenvalue weighted by atomic mass is 16.6. The molecular weight excluding hydrogens is 374 g/mol. The molecule has 1 fully saturated rings. The van der Waals surface area contributed by atoms with E-state index in [1.54, 1.807) is 20.8 Å². The van der Waals surface area contributed by atoms with Crippen LogP contribution in [0.3, 0.4) is 0 Å². The zero-order valence-corrected chi connectivity index (χ0v) is 16.3. The molecule has 0 aromatic carbocycles. The molecule has 1 saturated heterocycles. The third-order valence-electron chi connectivity index (χ3n) is 3.86. The lowest BCUT2D eigenvalue weighted by atomic mass is 10.1. The molecule has 0 aliphatic carbocycles. The van der Waals surface area contributed by atoms with Crippen molar-refractivity contribution in [2.24, 2.45) is 0 Å². The monoisotopic (exact) mass is 401 g/mol. The molecule has 0 aromatic rings. The van der Waals surface area contributed by atoms with Crippen molar-refractivity contribution in [2.75, 3.05) is 26.2 Å². The summed E-state index contributed by atoms with van der Waals surface area (Å²) in [6.07, 6.45) is -1.88. The van der Waals surface area contributed by atoms with Crippen molar-refractivity contribution in [1.82, 2.24) is 15.1 Å². The molecule has 158 valence electrons. The Morgan fingerprint density at radius 1 is 0.929 bits per heavy atom. The molecule has 1 aliphatic heterocycles. The Hall–Kier alpha value is -2.85. The van der Waals surface area contributed by atoms with Crippen LogP contribution in [0.5, 0.6) is 0 Å². The smallest absolute Gasteiger partial charge is 0.408 e. The maximum absolute atomic E-state index is 12.6. The number of carboxylic acid groups (broad SMARTS) is 2. The minimum Gasteiger partial charge on any atom is -0.481 e. The highest BCUT2D eigenvalue weighted by molar-refractivity contribution is 5.89. The number of hydrogen-bond acceptors (Lipinski definition) is 6. The molecule has 0 aromatic heterocycles. The first-order valence-electron chi connectivity index (χ1n) is 8.88. The molecule has 1 atom stereocenters. The van der Waals surface area contributed by atoms with Crippen LogP contribution in [-0.4, -0.2) is 87.7 Å². The van der Waals surface area contributed by atoms with Gasteiger partial charge >= 0.3 is 18.0 Å². The molecule has 3 amide bonds. The Kier molecular flexibility index (Phi) is 8.20. The predicted molar refractivity (Wildman–Crippen MR) is 95.4 cm³/mol. The number of nitrogens with one attached hydrogen (secondary N) is 1. The molecule has 11 heteroatoms. The second-order valence-electron chi connectivity index (χ2n) is 7.40. The van der Waals surface area contributed by atoms with Crippen LogP contribution in [0.25, 0.3) is 0 Å². The molecule has 0 bridgehead atoms. The molecule has 0 saturated carbocycles. The Bertz CT molecular complexity index is 620. The number of carboxylic acids is 2. The van der Waals surface area contributed by atoms with Gasteiger partial charge in [0.05, 0.1) is 12.8 Å². The second kappa shape index (κ2) is 9.90. The van der Waals surface area contributed by atoms with Gasteiger partial charge in [-0.15, -0.1) is 0 Å². The van der Waals surface area contributed by atoms with Gasteiger partial charge in [0.25, 0.3) is 0 Å². The first-order valence-corrected chi connectivity index (χ1v) is 8.88. The summed E-state index contributed by atoms with van der Waals surface area (Å²) in [6, 6.07) is -1.29. The van der Waals surface area contributed by atoms with E-state index in [-0.39, 0.29) is 44.9 Å². The first kappa shape index (κ1) is 23.2. The van der Waals surface area contributed by atoms with E-state index in [2.05, 4.69) is 5.32 Å². The Morgan fingerprint density at radius 2 is 1.46 bits per heavy atom. The van der Waals surface area contributed by atoms with Crippen molar-refractivity contribution in [3.05, 3.63) is 0 Å². The van der Waals surface area contributed by atoms with E-state index in [1.807, 2.05) is 0 Å². The third kappa shape index (κ3) is 8.23. The van der Waals surface area contributed by atoms with Gasteiger partial charge in [-0.05, 0) is 20.8 Å². The number of nitrogens with zero attached hydrogens (tertiary/aromatic N) is 2. The van der Waals surface area contributed by atoms with Crippen molar-refractivity contribution in [1.29, 1.82) is 0 Å². The Labute approximate surface area is 162 Å². The highest BCUT2D eigenvalue weighted by Crippen LogP contribution is 2.11. The summed E-state index contributed by atoms with van der Waals surface area (Å²) in [5, 5.41) is 20.0. The minimum atomic E-state index is -1.29. The number of rotatable bonds is 7. The fourth-order valence-electron chi connectivity index (χ4n) is 2.59. The van der Waals surface area contributed by atoms with E-state index in [0.717, 1.165) is 0 Å². The van der Waals surface area contributed by atoms with E-state index in [9.17, 15) is 24.0 Å². The quantitative estimate of drug-likeness (QED) is 0.534. The maximum Gasteiger partial charge on any atom is 0.408 e. The van der Waals surface area contributed by atoms with Crippen LogP contribution in [0.1, 0.15) is 40.0 Å². The number of amides is 3. The molecule has 0 unspecified atom stereocenters. The van der Waals surface area contributed by atoms with E-state index >= 15 is 0 Å². The first-order chi connectivity index (χ1) is 12.9. The van der Waals surface area contributed by atoms with Crippen LogP contribution in [-0.2, 0) is 23.9 Å². The molecule has 28 heavy (non-hydrogen) atoms. The van der Waals surface area contributed by atoms with Gasteiger partial charge in [0.15, 0.2) is 0 Å². The average Bonchev–Trinajstić information content (AvgIpc) is 2.56. The second-order valence-corrected chi connectivity index (χ2v) is 7.40. The standard InChI is InChI=1S/C17H27N3O8/c1-17(2,3)28-16(27)18-11(10-14(24)25)15(26)20-8-6-19(7-9-20)12(21)4-5-13(22)23/h11H,4-10H2,1-3H3,(H,18,27)(H,22,23)(H,24,25)/t11-/m0/s1. The van der Waals surface area contributed by atoms with Crippen LogP contribution in [0, 0.1) is 0 Å². The number of aliphatic carboxylic acids is 2. The Morgan fingerprint density at radius 3 is 1.93 bits per heavy atom. The summed E-state index contributed by atoms with van der Waals surface area (Å²) in [6.45, 7) is 5.64. The Balaban J connectivity index is 2.65. The van der Waals surface area contributed by atoms with Crippen molar-refractivity contribution in [2.45, 2.75) is 51.7 Å². The topological polar surface area (TPSA) is 154 Å². The summed E-state index contributed by atoms with van der Waals surface area (Å²) in [7, 11) is 0. The minimum absolute atomic E-state index is 0.120. The number of ether oxygens (including phenoxy) is 1. The van der Waals surface area contributed by atoms with Crippen molar-refractivity contribution in [3.8, 4) is 0 Å². The van der Waals surface area contributed by atoms with E-state index in [0.29, 0.717) is 0 Å². The van der Waals surface area contributed by atoms with Gasteiger partial charge in [0, 0.05) is 32.6 Å². The zero-order valence-electron chi connectivity index (χ0n) is 16.3.